The van der Waals surface area contributed by atoms with Crippen LogP contribution in [0.3, 0.4) is 0 Å². The third-order valence-electron chi connectivity index (χ3n) is 3.87. The molecule has 1 aliphatic carbocycles. The van der Waals surface area contributed by atoms with Gasteiger partial charge >= 0.3 is 0 Å². The normalized spacial score (nSPS) is 13.8. The molecule has 0 aliphatic heterocycles. The Hall–Kier alpha value is -1.62. The molecule has 1 amide bonds. The number of fused-ring (bicyclic) bond motifs is 1. The molecule has 0 saturated heterocycles. The summed E-state index contributed by atoms with van der Waals surface area (Å²) in [5, 5.41) is 2.66. The van der Waals surface area contributed by atoms with Gasteiger partial charge in [0.25, 0.3) is 0 Å². The van der Waals surface area contributed by atoms with E-state index < -0.39 is 0 Å². The SMILES string of the molecule is CCN(CC(=O)NC)c1nc2c(cc1CN)CCCC2. The van der Waals surface area contributed by atoms with Crippen LogP contribution >= 0.6 is 0 Å². The quantitative estimate of drug-likeness (QED) is 0.841. The van der Waals surface area contributed by atoms with Gasteiger partial charge in [0, 0.05) is 31.4 Å². The minimum Gasteiger partial charge on any atom is -0.358 e. The van der Waals surface area contributed by atoms with Gasteiger partial charge in [-0.15, -0.1) is 0 Å². The Morgan fingerprint density at radius 2 is 2.20 bits per heavy atom. The summed E-state index contributed by atoms with van der Waals surface area (Å²) in [7, 11) is 1.65. The van der Waals surface area contributed by atoms with Crippen molar-refractivity contribution in [3.63, 3.8) is 0 Å². The fourth-order valence-corrected chi connectivity index (χ4v) is 2.68. The molecule has 0 spiro atoms. The van der Waals surface area contributed by atoms with E-state index >= 15 is 0 Å². The van der Waals surface area contributed by atoms with Gasteiger partial charge in [-0.1, -0.05) is 0 Å². The van der Waals surface area contributed by atoms with Crippen LogP contribution in [0.4, 0.5) is 5.82 Å². The highest BCUT2D eigenvalue weighted by atomic mass is 16.1. The Morgan fingerprint density at radius 3 is 2.85 bits per heavy atom. The number of aryl methyl sites for hydroxylation is 2. The van der Waals surface area contributed by atoms with E-state index in [0.29, 0.717) is 13.1 Å². The molecule has 0 radical (unpaired) electrons. The van der Waals surface area contributed by atoms with Crippen molar-refractivity contribution in [3.05, 3.63) is 22.9 Å². The first-order valence-electron chi connectivity index (χ1n) is 7.36. The number of carbonyl (C=O) groups excluding carboxylic acids is 1. The first-order valence-corrected chi connectivity index (χ1v) is 7.36. The first kappa shape index (κ1) is 14.8. The monoisotopic (exact) mass is 276 g/mol. The fourth-order valence-electron chi connectivity index (χ4n) is 2.68. The van der Waals surface area contributed by atoms with Crippen LogP contribution in [-0.4, -0.2) is 31.0 Å². The summed E-state index contributed by atoms with van der Waals surface area (Å²) < 4.78 is 0. The number of amides is 1. The second kappa shape index (κ2) is 6.70. The minimum absolute atomic E-state index is 0.00524. The van der Waals surface area contributed by atoms with Gasteiger partial charge in [0.2, 0.25) is 5.91 Å². The molecule has 0 aromatic carbocycles. The van der Waals surface area contributed by atoms with E-state index in [9.17, 15) is 4.79 Å². The van der Waals surface area contributed by atoms with Crippen molar-refractivity contribution in [1.82, 2.24) is 10.3 Å². The van der Waals surface area contributed by atoms with Crippen LogP contribution in [0, 0.1) is 0 Å². The highest BCUT2D eigenvalue weighted by molar-refractivity contribution is 5.81. The van der Waals surface area contributed by atoms with E-state index in [4.69, 9.17) is 10.7 Å². The van der Waals surface area contributed by atoms with Crippen LogP contribution in [0.25, 0.3) is 0 Å². The minimum atomic E-state index is -0.00524. The van der Waals surface area contributed by atoms with Gasteiger partial charge in [-0.2, -0.15) is 0 Å². The Morgan fingerprint density at radius 1 is 1.45 bits per heavy atom. The highest BCUT2D eigenvalue weighted by Gasteiger charge is 2.19. The van der Waals surface area contributed by atoms with Crippen molar-refractivity contribution in [2.45, 2.75) is 39.2 Å². The lowest BCUT2D eigenvalue weighted by Crippen LogP contribution is -2.37. The van der Waals surface area contributed by atoms with E-state index in [-0.39, 0.29) is 5.91 Å². The van der Waals surface area contributed by atoms with E-state index in [1.807, 2.05) is 11.8 Å². The van der Waals surface area contributed by atoms with Crippen LogP contribution < -0.4 is 16.0 Å². The van der Waals surface area contributed by atoms with Crippen LogP contribution in [0.5, 0.6) is 0 Å². The third-order valence-corrected chi connectivity index (χ3v) is 3.87. The van der Waals surface area contributed by atoms with Gasteiger partial charge in [0.05, 0.1) is 6.54 Å². The van der Waals surface area contributed by atoms with Crippen molar-refractivity contribution in [2.75, 3.05) is 25.0 Å². The summed E-state index contributed by atoms with van der Waals surface area (Å²) in [6.07, 6.45) is 4.55. The number of nitrogens with two attached hydrogens (primary N) is 1. The fraction of sp³-hybridized carbons (Fsp3) is 0.600. The highest BCUT2D eigenvalue weighted by Crippen LogP contribution is 2.26. The molecular weight excluding hydrogens is 252 g/mol. The van der Waals surface area contributed by atoms with E-state index in [2.05, 4.69) is 11.4 Å². The first-order chi connectivity index (χ1) is 9.69. The summed E-state index contributed by atoms with van der Waals surface area (Å²) in [6, 6.07) is 2.18. The largest absolute Gasteiger partial charge is 0.358 e. The molecule has 5 nitrogen and oxygen atoms in total. The maximum atomic E-state index is 11.6. The van der Waals surface area contributed by atoms with Crippen molar-refractivity contribution < 1.29 is 4.79 Å². The number of rotatable bonds is 5. The molecule has 5 heteroatoms. The molecule has 0 saturated carbocycles. The average molecular weight is 276 g/mol. The number of likely N-dealkylation sites (N-methyl/N-ethyl adjacent to an activating group) is 2. The molecule has 0 fully saturated rings. The van der Waals surface area contributed by atoms with Crippen LogP contribution in [-0.2, 0) is 24.2 Å². The maximum Gasteiger partial charge on any atom is 0.239 e. The number of aromatic nitrogens is 1. The van der Waals surface area contributed by atoms with E-state index in [0.717, 1.165) is 30.8 Å². The van der Waals surface area contributed by atoms with Crippen molar-refractivity contribution in [2.24, 2.45) is 5.73 Å². The van der Waals surface area contributed by atoms with Crippen LogP contribution in [0.15, 0.2) is 6.07 Å². The Kier molecular flexibility index (Phi) is 4.95. The molecule has 0 unspecified atom stereocenters. The van der Waals surface area contributed by atoms with Gasteiger partial charge in [-0.25, -0.2) is 4.98 Å². The number of hydrogen-bond donors (Lipinski definition) is 2. The maximum absolute atomic E-state index is 11.6. The zero-order chi connectivity index (χ0) is 14.5. The predicted molar refractivity (Wildman–Crippen MR) is 80.7 cm³/mol. The lowest BCUT2D eigenvalue weighted by Gasteiger charge is -2.26. The number of nitrogens with one attached hydrogen (secondary N) is 1. The second-order valence-electron chi connectivity index (χ2n) is 5.18. The van der Waals surface area contributed by atoms with Crippen LogP contribution in [0.1, 0.15) is 36.6 Å². The standard InChI is InChI=1S/C15H24N4O/c1-3-19(10-14(20)17-2)15-12(9-16)8-11-6-4-5-7-13(11)18-15/h8H,3-7,9-10,16H2,1-2H3,(H,17,20). The zero-order valence-corrected chi connectivity index (χ0v) is 12.4. The molecule has 2 rings (SSSR count). The van der Waals surface area contributed by atoms with Crippen molar-refractivity contribution >= 4 is 11.7 Å². The number of nitrogens with zero attached hydrogens (tertiary/aromatic N) is 2. The summed E-state index contributed by atoms with van der Waals surface area (Å²) in [6.45, 7) is 3.56. The molecule has 0 bridgehead atoms. The van der Waals surface area contributed by atoms with Gasteiger partial charge in [0.15, 0.2) is 0 Å². The van der Waals surface area contributed by atoms with Crippen LogP contribution in [0.2, 0.25) is 0 Å². The Balaban J connectivity index is 2.34. The average Bonchev–Trinajstić information content (AvgIpc) is 2.50. The number of anilines is 1. The van der Waals surface area contributed by atoms with Gasteiger partial charge in [-0.05, 0) is 44.2 Å². The van der Waals surface area contributed by atoms with E-state index in [1.165, 1.54) is 24.1 Å². The molecule has 3 N–H and O–H groups in total. The molecule has 110 valence electrons. The number of pyridine rings is 1. The van der Waals surface area contributed by atoms with Gasteiger partial charge < -0.3 is 16.0 Å². The summed E-state index contributed by atoms with van der Waals surface area (Å²) >= 11 is 0. The molecular formula is C15H24N4O. The molecule has 1 heterocycles. The summed E-state index contributed by atoms with van der Waals surface area (Å²) in [5.74, 6) is 0.869. The molecule has 1 aromatic heterocycles. The molecule has 1 aliphatic rings. The zero-order valence-electron chi connectivity index (χ0n) is 12.4. The summed E-state index contributed by atoms with van der Waals surface area (Å²) in [4.78, 5) is 18.4. The molecule has 1 aromatic rings. The lowest BCUT2D eigenvalue weighted by atomic mass is 9.94. The van der Waals surface area contributed by atoms with E-state index in [1.54, 1.807) is 7.05 Å². The van der Waals surface area contributed by atoms with Gasteiger partial charge in [-0.3, -0.25) is 4.79 Å². The molecule has 0 atom stereocenters. The Labute approximate surface area is 120 Å². The number of carbonyl (C=O) groups is 1. The van der Waals surface area contributed by atoms with Gasteiger partial charge in [0.1, 0.15) is 5.82 Å². The second-order valence-corrected chi connectivity index (χ2v) is 5.18. The number of hydrogen-bond acceptors (Lipinski definition) is 4. The van der Waals surface area contributed by atoms with Crippen molar-refractivity contribution in [1.29, 1.82) is 0 Å². The van der Waals surface area contributed by atoms with Crippen molar-refractivity contribution in [3.8, 4) is 0 Å². The molecule has 20 heavy (non-hydrogen) atoms. The predicted octanol–water partition coefficient (Wildman–Crippen LogP) is 0.991. The third kappa shape index (κ3) is 3.10. The Bertz CT molecular complexity index is 487. The smallest absolute Gasteiger partial charge is 0.239 e. The summed E-state index contributed by atoms with van der Waals surface area (Å²) in [5.41, 5.74) is 9.42. The topological polar surface area (TPSA) is 71.2 Å². The lowest BCUT2D eigenvalue weighted by molar-refractivity contribution is -0.119.